The van der Waals surface area contributed by atoms with E-state index in [2.05, 4.69) is 20.9 Å². The van der Waals surface area contributed by atoms with E-state index >= 15 is 0 Å². The molecule has 1 atom stereocenters. The van der Waals surface area contributed by atoms with E-state index in [-0.39, 0.29) is 23.4 Å². The van der Waals surface area contributed by atoms with Gasteiger partial charge in [0.15, 0.2) is 0 Å². The van der Waals surface area contributed by atoms with Gasteiger partial charge in [-0.2, -0.15) is 0 Å². The van der Waals surface area contributed by atoms with Gasteiger partial charge in [-0.3, -0.25) is 14.2 Å². The summed E-state index contributed by atoms with van der Waals surface area (Å²) in [6, 6.07) is 7.06. The van der Waals surface area contributed by atoms with E-state index in [9.17, 15) is 9.59 Å². The van der Waals surface area contributed by atoms with Crippen molar-refractivity contribution in [3.8, 4) is 0 Å². The largest absolute Gasteiger partial charge is 0.481 e. The van der Waals surface area contributed by atoms with Crippen molar-refractivity contribution in [3.63, 3.8) is 0 Å². The standard InChI is InChI=1S/C13H13BrN2O3/c1-8(14)12-15-10-5-3-2-4-9(10)13(19)16(12)7-6-11(17)18/h2-5,8H,6-7H2,1H3,(H,17,18). The fourth-order valence-corrected chi connectivity index (χ4v) is 2.26. The number of para-hydroxylation sites is 1. The smallest absolute Gasteiger partial charge is 0.305 e. The van der Waals surface area contributed by atoms with E-state index in [1.165, 1.54) is 4.57 Å². The van der Waals surface area contributed by atoms with Gasteiger partial charge < -0.3 is 5.11 Å². The van der Waals surface area contributed by atoms with E-state index in [1.54, 1.807) is 18.2 Å². The van der Waals surface area contributed by atoms with Crippen LogP contribution in [-0.2, 0) is 11.3 Å². The van der Waals surface area contributed by atoms with Crippen LogP contribution in [0.3, 0.4) is 0 Å². The van der Waals surface area contributed by atoms with E-state index in [4.69, 9.17) is 5.11 Å². The van der Waals surface area contributed by atoms with Gasteiger partial charge in [-0.15, -0.1) is 0 Å². The zero-order valence-corrected chi connectivity index (χ0v) is 11.9. The molecule has 5 nitrogen and oxygen atoms in total. The summed E-state index contributed by atoms with van der Waals surface area (Å²) in [4.78, 5) is 27.4. The monoisotopic (exact) mass is 324 g/mol. The topological polar surface area (TPSA) is 72.2 Å². The number of fused-ring (bicyclic) bond motifs is 1. The summed E-state index contributed by atoms with van der Waals surface area (Å²) >= 11 is 3.39. The second-order valence-electron chi connectivity index (χ2n) is 4.20. The number of carboxylic acid groups (broad SMARTS) is 1. The Morgan fingerprint density at radius 2 is 2.16 bits per heavy atom. The minimum atomic E-state index is -0.937. The molecule has 0 aliphatic heterocycles. The average molecular weight is 325 g/mol. The van der Waals surface area contributed by atoms with Gasteiger partial charge in [0.05, 0.1) is 22.2 Å². The molecule has 2 rings (SSSR count). The summed E-state index contributed by atoms with van der Waals surface area (Å²) in [5, 5.41) is 9.27. The number of nitrogens with zero attached hydrogens (tertiary/aromatic N) is 2. The predicted octanol–water partition coefficient (Wildman–Crippen LogP) is 2.33. The van der Waals surface area contributed by atoms with Crippen LogP contribution in [0.2, 0.25) is 0 Å². The SMILES string of the molecule is CC(Br)c1nc2ccccc2c(=O)n1CCC(=O)O. The molecule has 0 bridgehead atoms. The highest BCUT2D eigenvalue weighted by molar-refractivity contribution is 9.09. The molecule has 0 radical (unpaired) electrons. The molecule has 0 spiro atoms. The number of hydrogen-bond donors (Lipinski definition) is 1. The Morgan fingerprint density at radius 1 is 1.47 bits per heavy atom. The first-order valence-corrected chi connectivity index (χ1v) is 6.77. The summed E-state index contributed by atoms with van der Waals surface area (Å²) < 4.78 is 1.43. The minimum absolute atomic E-state index is 0.105. The van der Waals surface area contributed by atoms with Gasteiger partial charge >= 0.3 is 5.97 Å². The number of alkyl halides is 1. The first-order chi connectivity index (χ1) is 9.00. The summed E-state index contributed by atoms with van der Waals surface area (Å²) in [5.74, 6) is -0.391. The number of aromatic nitrogens is 2. The van der Waals surface area contributed by atoms with Crippen LogP contribution in [0.15, 0.2) is 29.1 Å². The Labute approximate surface area is 118 Å². The highest BCUT2D eigenvalue weighted by Crippen LogP contribution is 2.20. The molecule has 1 aromatic heterocycles. The van der Waals surface area contributed by atoms with E-state index in [0.29, 0.717) is 16.7 Å². The van der Waals surface area contributed by atoms with Crippen LogP contribution in [0.1, 0.15) is 24.0 Å². The Bertz CT molecular complexity index is 679. The third kappa shape index (κ3) is 2.84. The molecule has 1 heterocycles. The molecule has 100 valence electrons. The van der Waals surface area contributed by atoms with E-state index in [1.807, 2.05) is 13.0 Å². The lowest BCUT2D eigenvalue weighted by Crippen LogP contribution is -2.26. The molecule has 0 aliphatic rings. The average Bonchev–Trinajstić information content (AvgIpc) is 2.37. The maximum absolute atomic E-state index is 12.4. The Kier molecular flexibility index (Phi) is 3.99. The van der Waals surface area contributed by atoms with Gasteiger partial charge in [-0.1, -0.05) is 28.1 Å². The van der Waals surface area contributed by atoms with Crippen molar-refractivity contribution >= 4 is 32.8 Å². The minimum Gasteiger partial charge on any atom is -0.481 e. The first-order valence-electron chi connectivity index (χ1n) is 5.86. The van der Waals surface area contributed by atoms with Gasteiger partial charge in [0, 0.05) is 6.54 Å². The number of benzene rings is 1. The van der Waals surface area contributed by atoms with Crippen LogP contribution < -0.4 is 5.56 Å². The molecule has 1 unspecified atom stereocenters. The Morgan fingerprint density at radius 3 is 2.79 bits per heavy atom. The van der Waals surface area contributed by atoms with Crippen LogP contribution in [0.5, 0.6) is 0 Å². The maximum Gasteiger partial charge on any atom is 0.305 e. The number of aliphatic carboxylic acids is 1. The van der Waals surface area contributed by atoms with Crippen LogP contribution in [0.4, 0.5) is 0 Å². The zero-order valence-electron chi connectivity index (χ0n) is 10.3. The second-order valence-corrected chi connectivity index (χ2v) is 5.58. The van der Waals surface area contributed by atoms with Gasteiger partial charge in [0.2, 0.25) is 0 Å². The van der Waals surface area contributed by atoms with Gasteiger partial charge in [-0.05, 0) is 19.1 Å². The fraction of sp³-hybridized carbons (Fsp3) is 0.308. The summed E-state index contributed by atoms with van der Waals surface area (Å²) in [6.07, 6.45) is -0.105. The highest BCUT2D eigenvalue weighted by atomic mass is 79.9. The number of halogens is 1. The van der Waals surface area contributed by atoms with Crippen molar-refractivity contribution in [2.75, 3.05) is 0 Å². The molecule has 2 aromatic rings. The summed E-state index contributed by atoms with van der Waals surface area (Å²) in [6.45, 7) is 1.98. The first kappa shape index (κ1) is 13.7. The highest BCUT2D eigenvalue weighted by Gasteiger charge is 2.15. The predicted molar refractivity (Wildman–Crippen MR) is 75.6 cm³/mol. The Hall–Kier alpha value is -1.69. The van der Waals surface area contributed by atoms with Crippen molar-refractivity contribution in [1.82, 2.24) is 9.55 Å². The number of carboxylic acids is 1. The van der Waals surface area contributed by atoms with Crippen LogP contribution in [-0.4, -0.2) is 20.6 Å². The van der Waals surface area contributed by atoms with Crippen molar-refractivity contribution in [3.05, 3.63) is 40.4 Å². The summed E-state index contributed by atoms with van der Waals surface area (Å²) in [5.41, 5.74) is 0.425. The number of hydrogen-bond acceptors (Lipinski definition) is 3. The lowest BCUT2D eigenvalue weighted by atomic mass is 10.2. The van der Waals surface area contributed by atoms with Crippen LogP contribution >= 0.6 is 15.9 Å². The normalized spacial score (nSPS) is 12.5. The molecule has 1 N–H and O–H groups in total. The molecule has 1 aromatic carbocycles. The lowest BCUT2D eigenvalue weighted by molar-refractivity contribution is -0.137. The molecule has 0 saturated carbocycles. The molecule has 0 fully saturated rings. The third-order valence-corrected chi connectivity index (χ3v) is 3.21. The number of rotatable bonds is 4. The molecule has 0 amide bonds. The van der Waals surface area contributed by atoms with Crippen LogP contribution in [0, 0.1) is 0 Å². The van der Waals surface area contributed by atoms with Crippen molar-refractivity contribution < 1.29 is 9.90 Å². The Balaban J connectivity index is 2.64. The van der Waals surface area contributed by atoms with Gasteiger partial charge in [0.1, 0.15) is 5.82 Å². The quantitative estimate of drug-likeness (QED) is 0.876. The van der Waals surface area contributed by atoms with Crippen molar-refractivity contribution in [2.24, 2.45) is 0 Å². The van der Waals surface area contributed by atoms with Crippen LogP contribution in [0.25, 0.3) is 10.9 Å². The van der Waals surface area contributed by atoms with Gasteiger partial charge in [0.25, 0.3) is 5.56 Å². The molecule has 19 heavy (non-hydrogen) atoms. The fourth-order valence-electron chi connectivity index (χ4n) is 1.91. The van der Waals surface area contributed by atoms with Crippen molar-refractivity contribution in [1.29, 1.82) is 0 Å². The molecule has 6 heteroatoms. The molecule has 0 saturated heterocycles. The van der Waals surface area contributed by atoms with E-state index in [0.717, 1.165) is 0 Å². The third-order valence-electron chi connectivity index (χ3n) is 2.80. The van der Waals surface area contributed by atoms with Crippen molar-refractivity contribution in [2.45, 2.75) is 24.7 Å². The number of carbonyl (C=O) groups is 1. The summed E-state index contributed by atoms with van der Waals surface area (Å²) in [7, 11) is 0. The zero-order chi connectivity index (χ0) is 14.0. The maximum atomic E-state index is 12.4. The lowest BCUT2D eigenvalue weighted by Gasteiger charge is -2.14. The molecular weight excluding hydrogens is 312 g/mol. The van der Waals surface area contributed by atoms with Gasteiger partial charge in [-0.25, -0.2) is 4.98 Å². The molecule has 0 aliphatic carbocycles. The second kappa shape index (κ2) is 5.52. The molecular formula is C13H13BrN2O3. The van der Waals surface area contributed by atoms with E-state index < -0.39 is 5.97 Å².